The van der Waals surface area contributed by atoms with Gasteiger partial charge in [0.05, 0.1) is 30.0 Å². The Morgan fingerprint density at radius 1 is 1.20 bits per heavy atom. The Hall–Kier alpha value is -2.43. The molecule has 2 heterocycles. The van der Waals surface area contributed by atoms with Crippen molar-refractivity contribution in [1.82, 2.24) is 24.8 Å². The van der Waals surface area contributed by atoms with Crippen LogP contribution in [-0.4, -0.2) is 43.8 Å². The van der Waals surface area contributed by atoms with Crippen molar-refractivity contribution in [2.24, 2.45) is 0 Å². The van der Waals surface area contributed by atoms with E-state index in [9.17, 15) is 4.79 Å². The number of halogens is 1. The van der Waals surface area contributed by atoms with Crippen LogP contribution in [0.2, 0.25) is 0 Å². The van der Waals surface area contributed by atoms with Crippen LogP contribution in [0.3, 0.4) is 0 Å². The largest absolute Gasteiger partial charge is 0.484 e. The van der Waals surface area contributed by atoms with Crippen LogP contribution < -0.4 is 15.4 Å². The summed E-state index contributed by atoms with van der Waals surface area (Å²) < 4.78 is 7.61. The van der Waals surface area contributed by atoms with Gasteiger partial charge in [-0.15, -0.1) is 11.8 Å². The first-order valence-electron chi connectivity index (χ1n) is 10.8. The van der Waals surface area contributed by atoms with E-state index in [1.54, 1.807) is 18.0 Å². The summed E-state index contributed by atoms with van der Waals surface area (Å²) in [5.74, 6) is 1.66. The van der Waals surface area contributed by atoms with Crippen LogP contribution in [0.1, 0.15) is 20.8 Å². The molecule has 0 spiro atoms. The Balaban J connectivity index is 1.66. The molecule has 0 aliphatic carbocycles. The number of carbonyl (C=O) groups excluding carboxylic acids is 1. The van der Waals surface area contributed by atoms with Gasteiger partial charge in [-0.25, -0.2) is 14.4 Å². The number of thioether (sulfide) groups is 1. The fourth-order valence-electron chi connectivity index (χ4n) is 3.36. The van der Waals surface area contributed by atoms with E-state index in [0.717, 1.165) is 27.0 Å². The average Bonchev–Trinajstić information content (AvgIpc) is 3.29. The summed E-state index contributed by atoms with van der Waals surface area (Å²) in [7, 11) is 0. The van der Waals surface area contributed by atoms with Gasteiger partial charge in [-0.1, -0.05) is 12.1 Å². The Morgan fingerprint density at radius 3 is 2.74 bits per heavy atom. The van der Waals surface area contributed by atoms with Gasteiger partial charge < -0.3 is 15.4 Å². The molecule has 0 aliphatic rings. The lowest BCUT2D eigenvalue weighted by Gasteiger charge is -2.20. The standard InChI is InChI=1S/C24H26IN6O2PS/c1-24(2,3)30-21(32)14-33-17-7-5-6-15(10-17)22-28-20-9-8-18(35-4)11-19(20)23(29-22)27-16-12-26-31(13-16)34-25/h5-13,34H,14H2,1-4H3,(H,30,32)(H,27,28,29). The number of fused-ring (bicyclic) bond motifs is 1. The fraction of sp³-hybridized carbons (Fsp3) is 0.250. The molecule has 0 fully saturated rings. The molecule has 0 radical (unpaired) electrons. The third-order valence-electron chi connectivity index (χ3n) is 4.81. The molecule has 1 atom stereocenters. The number of aromatic nitrogens is 4. The molecular formula is C24H26IN6O2PS. The van der Waals surface area contributed by atoms with E-state index in [-0.39, 0.29) is 18.1 Å². The molecule has 0 aliphatic heterocycles. The fourth-order valence-corrected chi connectivity index (χ4v) is 4.88. The second-order valence-electron chi connectivity index (χ2n) is 8.78. The van der Waals surface area contributed by atoms with Gasteiger partial charge in [0, 0.05) is 21.4 Å². The second-order valence-corrected chi connectivity index (χ2v) is 11.7. The lowest BCUT2D eigenvalue weighted by Crippen LogP contribution is -2.43. The van der Waals surface area contributed by atoms with E-state index in [1.807, 2.05) is 68.0 Å². The normalized spacial score (nSPS) is 11.8. The number of nitrogens with zero attached hydrogens (tertiary/aromatic N) is 4. The second kappa shape index (κ2) is 11.1. The first kappa shape index (κ1) is 25.7. The Bertz CT molecular complexity index is 1360. The summed E-state index contributed by atoms with van der Waals surface area (Å²) in [5, 5.41) is 11.6. The number of amides is 1. The van der Waals surface area contributed by atoms with Crippen molar-refractivity contribution in [3.05, 3.63) is 54.9 Å². The number of rotatable bonds is 8. The summed E-state index contributed by atoms with van der Waals surface area (Å²) >= 11 is 3.96. The highest BCUT2D eigenvalue weighted by Crippen LogP contribution is 2.32. The molecule has 1 amide bonds. The quantitative estimate of drug-likeness (QED) is 0.141. The van der Waals surface area contributed by atoms with Crippen LogP contribution in [0.5, 0.6) is 5.75 Å². The third-order valence-corrected chi connectivity index (χ3v) is 7.44. The molecule has 4 aromatic rings. The van der Waals surface area contributed by atoms with E-state index < -0.39 is 0 Å². The predicted molar refractivity (Wildman–Crippen MR) is 153 cm³/mol. The predicted octanol–water partition coefficient (Wildman–Crippen LogP) is 6.04. The summed E-state index contributed by atoms with van der Waals surface area (Å²) in [6.07, 6.45) is 6.30. The van der Waals surface area contributed by atoms with Gasteiger partial charge in [0.2, 0.25) is 0 Å². The van der Waals surface area contributed by atoms with Gasteiger partial charge >= 0.3 is 0 Å². The maximum Gasteiger partial charge on any atom is 0.258 e. The molecule has 2 aromatic heterocycles. The highest BCUT2D eigenvalue weighted by molar-refractivity contribution is 14.2. The highest BCUT2D eigenvalue weighted by Gasteiger charge is 2.15. The minimum absolute atomic E-state index is 0.0645. The molecule has 4 rings (SSSR count). The van der Waals surface area contributed by atoms with Crippen molar-refractivity contribution in [2.75, 3.05) is 18.2 Å². The molecule has 2 aromatic carbocycles. The zero-order valence-electron chi connectivity index (χ0n) is 19.8. The number of nitrogens with one attached hydrogen (secondary N) is 2. The Kier molecular flexibility index (Phi) is 8.13. The van der Waals surface area contributed by atoms with Gasteiger partial charge in [0.15, 0.2) is 12.4 Å². The molecule has 0 saturated carbocycles. The monoisotopic (exact) mass is 620 g/mol. The average molecular weight is 620 g/mol. The zero-order valence-corrected chi connectivity index (χ0v) is 23.8. The molecule has 11 heteroatoms. The summed E-state index contributed by atoms with van der Waals surface area (Å²) in [6, 6.07) is 13.6. The van der Waals surface area contributed by atoms with E-state index in [4.69, 9.17) is 14.7 Å². The van der Waals surface area contributed by atoms with Crippen molar-refractivity contribution in [3.8, 4) is 17.1 Å². The smallest absolute Gasteiger partial charge is 0.258 e. The number of ether oxygens (including phenoxy) is 1. The number of benzene rings is 2. The lowest BCUT2D eigenvalue weighted by atomic mass is 10.1. The topological polar surface area (TPSA) is 94.0 Å². The van der Waals surface area contributed by atoms with E-state index in [2.05, 4.69) is 49.9 Å². The molecular weight excluding hydrogens is 594 g/mol. The van der Waals surface area contributed by atoms with Crippen molar-refractivity contribution < 1.29 is 9.53 Å². The van der Waals surface area contributed by atoms with Crippen LogP contribution in [-0.2, 0) is 4.79 Å². The molecule has 1 unspecified atom stereocenters. The van der Waals surface area contributed by atoms with Gasteiger partial charge in [-0.2, -0.15) is 5.10 Å². The number of anilines is 2. The maximum atomic E-state index is 12.1. The van der Waals surface area contributed by atoms with Crippen molar-refractivity contribution >= 4 is 68.5 Å². The molecule has 0 saturated heterocycles. The first-order valence-corrected chi connectivity index (χ1v) is 16.1. The zero-order chi connectivity index (χ0) is 25.0. The highest BCUT2D eigenvalue weighted by atomic mass is 127. The Morgan fingerprint density at radius 2 is 2.03 bits per heavy atom. The summed E-state index contributed by atoms with van der Waals surface area (Å²) in [6.45, 7) is 5.74. The Labute approximate surface area is 223 Å². The third kappa shape index (κ3) is 6.83. The van der Waals surface area contributed by atoms with Crippen molar-refractivity contribution in [2.45, 2.75) is 31.2 Å². The number of hydrogen-bond donors (Lipinski definition) is 2. The molecule has 2 N–H and O–H groups in total. The SMILES string of the molecule is CSc1ccc2nc(-c3cccc(OCC(=O)NC(C)(C)C)c3)nc(Nc3cnn(PI)c3)c2c1. The van der Waals surface area contributed by atoms with Crippen LogP contribution in [0.25, 0.3) is 22.3 Å². The minimum Gasteiger partial charge on any atom is -0.484 e. The molecule has 8 nitrogen and oxygen atoms in total. The van der Waals surface area contributed by atoms with Gasteiger partial charge in [0.25, 0.3) is 5.91 Å². The minimum atomic E-state index is -0.311. The van der Waals surface area contributed by atoms with E-state index >= 15 is 0 Å². The van der Waals surface area contributed by atoms with E-state index in [1.165, 1.54) is 0 Å². The molecule has 35 heavy (non-hydrogen) atoms. The van der Waals surface area contributed by atoms with Crippen LogP contribution >= 0.6 is 40.2 Å². The van der Waals surface area contributed by atoms with Gasteiger partial charge in [-0.05, 0) is 79.4 Å². The molecule has 182 valence electrons. The van der Waals surface area contributed by atoms with Crippen LogP contribution in [0, 0.1) is 0 Å². The van der Waals surface area contributed by atoms with Crippen molar-refractivity contribution in [1.29, 1.82) is 0 Å². The number of carbonyl (C=O) groups is 1. The number of hydrogen-bond acceptors (Lipinski definition) is 7. The summed E-state index contributed by atoms with van der Waals surface area (Å²) in [5.41, 5.74) is 2.17. The van der Waals surface area contributed by atoms with E-state index in [0.29, 0.717) is 23.8 Å². The van der Waals surface area contributed by atoms with Crippen LogP contribution in [0.15, 0.2) is 59.8 Å². The van der Waals surface area contributed by atoms with Crippen LogP contribution in [0.4, 0.5) is 11.5 Å². The van der Waals surface area contributed by atoms with Crippen molar-refractivity contribution in [3.63, 3.8) is 0 Å². The van der Waals surface area contributed by atoms with Gasteiger partial charge in [-0.3, -0.25) is 4.79 Å². The maximum absolute atomic E-state index is 12.1. The first-order chi connectivity index (χ1) is 16.7. The lowest BCUT2D eigenvalue weighted by molar-refractivity contribution is -0.124. The van der Waals surface area contributed by atoms with Gasteiger partial charge in [0.1, 0.15) is 11.6 Å². The molecule has 0 bridgehead atoms. The summed E-state index contributed by atoms with van der Waals surface area (Å²) in [4.78, 5) is 23.0.